The Bertz CT molecular complexity index is 1090. The molecule has 7 N–H and O–H groups in total. The molecule has 1 saturated carbocycles. The van der Waals surface area contributed by atoms with Crippen molar-refractivity contribution in [2.45, 2.75) is 37.8 Å². The van der Waals surface area contributed by atoms with E-state index in [2.05, 4.69) is 30.8 Å². The van der Waals surface area contributed by atoms with Gasteiger partial charge in [-0.15, -0.1) is 0 Å². The highest BCUT2D eigenvalue weighted by Crippen LogP contribution is 2.22. The van der Waals surface area contributed by atoms with E-state index in [1.807, 2.05) is 6.07 Å². The van der Waals surface area contributed by atoms with Crippen molar-refractivity contribution in [3.8, 4) is 5.69 Å². The summed E-state index contributed by atoms with van der Waals surface area (Å²) in [5, 5.41) is 14.4. The lowest BCUT2D eigenvalue weighted by atomic mass is 9.91. The number of nitrogens with two attached hydrogens (primary N) is 2. The average molecular weight is 409 g/mol. The number of benzene rings is 1. The van der Waals surface area contributed by atoms with Crippen LogP contribution in [0.2, 0.25) is 0 Å². The Labute approximate surface area is 171 Å². The molecule has 0 spiro atoms. The number of rotatable bonds is 6. The summed E-state index contributed by atoms with van der Waals surface area (Å²) in [6.45, 7) is 0. The number of amides is 1. The zero-order valence-corrected chi connectivity index (χ0v) is 16.2. The molecule has 30 heavy (non-hydrogen) atoms. The van der Waals surface area contributed by atoms with Crippen LogP contribution < -0.4 is 27.7 Å². The van der Waals surface area contributed by atoms with Crippen LogP contribution >= 0.6 is 0 Å². The van der Waals surface area contributed by atoms with Crippen molar-refractivity contribution in [2.75, 3.05) is 10.6 Å². The van der Waals surface area contributed by atoms with Gasteiger partial charge < -0.3 is 22.1 Å². The van der Waals surface area contributed by atoms with Gasteiger partial charge in [-0.1, -0.05) is 18.9 Å². The Hall–Kier alpha value is -3.73. The summed E-state index contributed by atoms with van der Waals surface area (Å²) in [5.74, 6) is -0.583. The minimum atomic E-state index is -0.878. The van der Waals surface area contributed by atoms with Crippen molar-refractivity contribution in [3.63, 3.8) is 0 Å². The largest absolute Gasteiger partial charge is 0.365 e. The SMILES string of the molecule is NC(=O)c1c(Nc2cccc(-n3nccn3)c2)nc(NC2CCCCC2N)[nH]c1=O. The molecule has 2 heterocycles. The van der Waals surface area contributed by atoms with Crippen LogP contribution in [-0.4, -0.2) is 43.0 Å². The minimum absolute atomic E-state index is 0.0107. The van der Waals surface area contributed by atoms with Gasteiger partial charge in [-0.3, -0.25) is 14.6 Å². The number of primary amides is 1. The van der Waals surface area contributed by atoms with Gasteiger partial charge in [-0.05, 0) is 31.0 Å². The predicted octanol–water partition coefficient (Wildman–Crippen LogP) is 0.875. The zero-order chi connectivity index (χ0) is 21.1. The molecule has 0 bridgehead atoms. The Morgan fingerprint density at radius 1 is 1.20 bits per heavy atom. The van der Waals surface area contributed by atoms with E-state index in [9.17, 15) is 9.59 Å². The average Bonchev–Trinajstić information content (AvgIpc) is 3.24. The highest BCUT2D eigenvalue weighted by Gasteiger charge is 2.24. The van der Waals surface area contributed by atoms with Crippen molar-refractivity contribution in [2.24, 2.45) is 11.5 Å². The number of nitrogens with one attached hydrogen (secondary N) is 3. The van der Waals surface area contributed by atoms with Crippen LogP contribution in [0.4, 0.5) is 17.5 Å². The van der Waals surface area contributed by atoms with Crippen LogP contribution in [-0.2, 0) is 0 Å². The third-order valence-electron chi connectivity index (χ3n) is 5.07. The van der Waals surface area contributed by atoms with Crippen molar-refractivity contribution in [3.05, 3.63) is 52.6 Å². The van der Waals surface area contributed by atoms with Crippen molar-refractivity contribution < 1.29 is 4.79 Å². The van der Waals surface area contributed by atoms with Crippen LogP contribution in [0, 0.1) is 0 Å². The summed E-state index contributed by atoms with van der Waals surface area (Å²) >= 11 is 0. The van der Waals surface area contributed by atoms with E-state index in [0.29, 0.717) is 11.4 Å². The highest BCUT2D eigenvalue weighted by molar-refractivity contribution is 5.98. The smallest absolute Gasteiger partial charge is 0.267 e. The molecule has 1 fully saturated rings. The summed E-state index contributed by atoms with van der Waals surface area (Å²) in [6, 6.07) is 7.10. The highest BCUT2D eigenvalue weighted by atomic mass is 16.2. The number of hydrogen-bond donors (Lipinski definition) is 5. The van der Waals surface area contributed by atoms with Gasteiger partial charge in [0.05, 0.1) is 18.1 Å². The molecular formula is C19H23N9O2. The fourth-order valence-corrected chi connectivity index (χ4v) is 3.57. The number of carbonyl (C=O) groups is 1. The molecule has 1 amide bonds. The summed E-state index contributed by atoms with van der Waals surface area (Å²) in [7, 11) is 0. The number of hydrogen-bond acceptors (Lipinski definition) is 8. The third-order valence-corrected chi connectivity index (χ3v) is 5.07. The fraction of sp³-hybridized carbons (Fsp3) is 0.316. The molecule has 3 aromatic rings. The number of carbonyl (C=O) groups excluding carboxylic acids is 1. The molecule has 2 unspecified atom stereocenters. The van der Waals surface area contributed by atoms with Gasteiger partial charge in [-0.2, -0.15) is 20.0 Å². The number of anilines is 3. The van der Waals surface area contributed by atoms with E-state index in [1.165, 1.54) is 4.80 Å². The summed E-state index contributed by atoms with van der Waals surface area (Å²) in [5.41, 5.74) is 12.0. The van der Waals surface area contributed by atoms with Crippen LogP contribution in [0.15, 0.2) is 41.5 Å². The lowest BCUT2D eigenvalue weighted by molar-refractivity contribution is 0.0999. The van der Waals surface area contributed by atoms with Crippen LogP contribution in [0.25, 0.3) is 5.69 Å². The maximum atomic E-state index is 12.5. The summed E-state index contributed by atoms with van der Waals surface area (Å²) < 4.78 is 0. The second kappa shape index (κ2) is 8.33. The van der Waals surface area contributed by atoms with E-state index in [4.69, 9.17) is 11.5 Å². The van der Waals surface area contributed by atoms with Gasteiger partial charge in [0.25, 0.3) is 11.5 Å². The Morgan fingerprint density at radius 3 is 2.70 bits per heavy atom. The van der Waals surface area contributed by atoms with Gasteiger partial charge >= 0.3 is 0 Å². The Kier molecular flexibility index (Phi) is 5.44. The second-order valence-electron chi connectivity index (χ2n) is 7.20. The monoisotopic (exact) mass is 409 g/mol. The lowest BCUT2D eigenvalue weighted by Crippen LogP contribution is -2.43. The number of H-pyrrole nitrogens is 1. The molecule has 0 radical (unpaired) electrons. The molecule has 11 nitrogen and oxygen atoms in total. The maximum absolute atomic E-state index is 12.5. The summed E-state index contributed by atoms with van der Waals surface area (Å²) in [6.07, 6.45) is 7.05. The molecule has 0 aliphatic heterocycles. The van der Waals surface area contributed by atoms with Crippen molar-refractivity contribution in [1.82, 2.24) is 25.0 Å². The number of aromatic nitrogens is 5. The van der Waals surface area contributed by atoms with Gasteiger partial charge in [0.15, 0.2) is 5.82 Å². The van der Waals surface area contributed by atoms with Crippen molar-refractivity contribution >= 4 is 23.4 Å². The summed E-state index contributed by atoms with van der Waals surface area (Å²) in [4.78, 5) is 32.9. The molecule has 156 valence electrons. The number of aromatic amines is 1. The first-order chi connectivity index (χ1) is 14.5. The number of nitrogens with zero attached hydrogens (tertiary/aromatic N) is 4. The van der Waals surface area contributed by atoms with E-state index >= 15 is 0 Å². The van der Waals surface area contributed by atoms with E-state index in [-0.39, 0.29) is 29.4 Å². The van der Waals surface area contributed by atoms with Gasteiger partial charge in [-0.25, -0.2) is 0 Å². The maximum Gasteiger partial charge on any atom is 0.267 e. The van der Waals surface area contributed by atoms with Gasteiger partial charge in [0.1, 0.15) is 5.56 Å². The molecule has 1 aliphatic rings. The third kappa shape index (κ3) is 4.15. The van der Waals surface area contributed by atoms with E-state index < -0.39 is 11.5 Å². The molecule has 2 atom stereocenters. The zero-order valence-electron chi connectivity index (χ0n) is 16.2. The molecule has 4 rings (SSSR count). The fourth-order valence-electron chi connectivity index (χ4n) is 3.57. The topological polar surface area (TPSA) is 170 Å². The molecular weight excluding hydrogens is 386 g/mol. The minimum Gasteiger partial charge on any atom is -0.365 e. The molecule has 1 aliphatic carbocycles. The quantitative estimate of drug-likeness (QED) is 0.399. The first-order valence-corrected chi connectivity index (χ1v) is 9.71. The Morgan fingerprint density at radius 2 is 1.97 bits per heavy atom. The first kappa shape index (κ1) is 19.6. The second-order valence-corrected chi connectivity index (χ2v) is 7.20. The predicted molar refractivity (Wildman–Crippen MR) is 112 cm³/mol. The standard InChI is InChI=1S/C19H23N9O2/c20-13-6-1-2-7-14(13)25-19-26-17(15(16(21)29)18(30)27-19)24-11-4-3-5-12(10-11)28-22-8-9-23-28/h3-5,8-10,13-14H,1-2,6-7,20H2,(H2,21,29)(H3,24,25,26,27,30). The Balaban J connectivity index is 1.66. The molecule has 11 heteroatoms. The van der Waals surface area contributed by atoms with Crippen LogP contribution in [0.5, 0.6) is 0 Å². The van der Waals surface area contributed by atoms with Gasteiger partial charge in [0, 0.05) is 17.8 Å². The van der Waals surface area contributed by atoms with Crippen molar-refractivity contribution in [1.29, 1.82) is 0 Å². The van der Waals surface area contributed by atoms with Crippen LogP contribution in [0.1, 0.15) is 36.0 Å². The lowest BCUT2D eigenvalue weighted by Gasteiger charge is -2.29. The normalized spacial score (nSPS) is 18.7. The van der Waals surface area contributed by atoms with E-state index in [0.717, 1.165) is 25.7 Å². The van der Waals surface area contributed by atoms with Crippen LogP contribution in [0.3, 0.4) is 0 Å². The molecule has 0 saturated heterocycles. The van der Waals surface area contributed by atoms with Gasteiger partial charge in [0.2, 0.25) is 5.95 Å². The molecule has 1 aromatic carbocycles. The molecule has 2 aromatic heterocycles. The first-order valence-electron chi connectivity index (χ1n) is 9.71. The van der Waals surface area contributed by atoms with E-state index in [1.54, 1.807) is 30.6 Å².